The molecule has 0 aromatic heterocycles. The molecule has 0 radical (unpaired) electrons. The summed E-state index contributed by atoms with van der Waals surface area (Å²) in [5, 5.41) is 2.63. The summed E-state index contributed by atoms with van der Waals surface area (Å²) in [6, 6.07) is 0. The summed E-state index contributed by atoms with van der Waals surface area (Å²) in [4.78, 5) is 13.1. The molecule has 11 heavy (non-hydrogen) atoms. The molecule has 64 valence electrons. The van der Waals surface area contributed by atoms with Crippen LogP contribution in [0.15, 0.2) is 0 Å². The summed E-state index contributed by atoms with van der Waals surface area (Å²) in [6.07, 6.45) is 1.23. The Hall–Kier alpha value is -0.570. The minimum absolute atomic E-state index is 0.124. The Morgan fingerprint density at radius 1 is 1.73 bits per heavy atom. The molecule has 0 bridgehead atoms. The lowest BCUT2D eigenvalue weighted by atomic mass is 10.2. The molecule has 0 spiro atoms. The van der Waals surface area contributed by atoms with Gasteiger partial charge in [0.1, 0.15) is 0 Å². The van der Waals surface area contributed by atoms with Gasteiger partial charge in [0.25, 0.3) is 0 Å². The van der Waals surface area contributed by atoms with Crippen LogP contribution in [0.3, 0.4) is 0 Å². The van der Waals surface area contributed by atoms with Crippen molar-refractivity contribution >= 4 is 5.91 Å². The second kappa shape index (κ2) is 3.72. The molecule has 0 aliphatic carbocycles. The van der Waals surface area contributed by atoms with Gasteiger partial charge < -0.3 is 5.32 Å². The topological polar surface area (TPSA) is 32.3 Å². The summed E-state index contributed by atoms with van der Waals surface area (Å²) < 4.78 is 0. The monoisotopic (exact) mass is 156 g/mol. The van der Waals surface area contributed by atoms with E-state index in [0.717, 1.165) is 19.0 Å². The number of nitrogens with zero attached hydrogens (tertiary/aromatic N) is 1. The lowest BCUT2D eigenvalue weighted by molar-refractivity contribution is -0.121. The molecule has 1 unspecified atom stereocenters. The lowest BCUT2D eigenvalue weighted by Crippen LogP contribution is -2.33. The van der Waals surface area contributed by atoms with Gasteiger partial charge in [0, 0.05) is 13.6 Å². The van der Waals surface area contributed by atoms with Crippen LogP contribution in [-0.2, 0) is 4.79 Å². The van der Waals surface area contributed by atoms with Crippen LogP contribution in [0.25, 0.3) is 0 Å². The van der Waals surface area contributed by atoms with Gasteiger partial charge in [-0.25, -0.2) is 0 Å². The molecular formula is C8H16N2O. The van der Waals surface area contributed by atoms with Crippen LogP contribution in [0, 0.1) is 5.92 Å². The highest BCUT2D eigenvalue weighted by molar-refractivity contribution is 5.77. The van der Waals surface area contributed by atoms with Crippen LogP contribution in [-0.4, -0.2) is 37.5 Å². The van der Waals surface area contributed by atoms with E-state index in [0.29, 0.717) is 6.54 Å². The fraction of sp³-hybridized carbons (Fsp3) is 0.875. The predicted octanol–water partition coefficient (Wildman–Crippen LogP) is 0.0742. The number of likely N-dealkylation sites (tertiary alicyclic amines) is 1. The van der Waals surface area contributed by atoms with Crippen molar-refractivity contribution in [2.75, 3.05) is 26.7 Å². The van der Waals surface area contributed by atoms with Crippen LogP contribution in [0.2, 0.25) is 0 Å². The minimum atomic E-state index is 0.124. The van der Waals surface area contributed by atoms with E-state index in [1.165, 1.54) is 6.42 Å². The fourth-order valence-corrected chi connectivity index (χ4v) is 1.45. The average Bonchev–Trinajstić information content (AvgIpc) is 2.35. The van der Waals surface area contributed by atoms with Gasteiger partial charge in [-0.3, -0.25) is 9.69 Å². The third-order valence-electron chi connectivity index (χ3n) is 2.15. The summed E-state index contributed by atoms with van der Waals surface area (Å²) in [6.45, 7) is 4.95. The van der Waals surface area contributed by atoms with Gasteiger partial charge in [0.2, 0.25) is 5.91 Å². The molecule has 1 heterocycles. The molecule has 1 aliphatic heterocycles. The summed E-state index contributed by atoms with van der Waals surface area (Å²) in [7, 11) is 1.68. The van der Waals surface area contributed by atoms with E-state index in [9.17, 15) is 4.79 Å². The normalized spacial score (nSPS) is 25.5. The van der Waals surface area contributed by atoms with Crippen molar-refractivity contribution < 1.29 is 4.79 Å². The van der Waals surface area contributed by atoms with Crippen molar-refractivity contribution in [2.45, 2.75) is 13.3 Å². The summed E-state index contributed by atoms with van der Waals surface area (Å²) >= 11 is 0. The maximum atomic E-state index is 10.9. The molecular weight excluding hydrogens is 140 g/mol. The summed E-state index contributed by atoms with van der Waals surface area (Å²) in [5.41, 5.74) is 0. The first-order chi connectivity index (χ1) is 5.22. The molecule has 1 rings (SSSR count). The molecule has 1 aliphatic rings. The van der Waals surface area contributed by atoms with Crippen molar-refractivity contribution in [1.82, 2.24) is 10.2 Å². The molecule has 1 fully saturated rings. The molecule has 0 aromatic carbocycles. The van der Waals surface area contributed by atoms with Crippen LogP contribution in [0.4, 0.5) is 0 Å². The quantitative estimate of drug-likeness (QED) is 0.614. The average molecular weight is 156 g/mol. The molecule has 0 aromatic rings. The highest BCUT2D eigenvalue weighted by Gasteiger charge is 2.19. The van der Waals surface area contributed by atoms with Crippen molar-refractivity contribution in [3.05, 3.63) is 0 Å². The van der Waals surface area contributed by atoms with Crippen LogP contribution in [0.5, 0.6) is 0 Å². The molecule has 1 amide bonds. The number of carbonyl (C=O) groups excluding carboxylic acids is 1. The van der Waals surface area contributed by atoms with E-state index >= 15 is 0 Å². The van der Waals surface area contributed by atoms with E-state index in [1.807, 2.05) is 0 Å². The third-order valence-corrected chi connectivity index (χ3v) is 2.15. The second-order valence-corrected chi connectivity index (χ2v) is 3.30. The highest BCUT2D eigenvalue weighted by atomic mass is 16.1. The Labute approximate surface area is 67.8 Å². The van der Waals surface area contributed by atoms with Gasteiger partial charge >= 0.3 is 0 Å². The van der Waals surface area contributed by atoms with E-state index in [1.54, 1.807) is 7.05 Å². The third kappa shape index (κ3) is 2.50. The fourth-order valence-electron chi connectivity index (χ4n) is 1.45. The first-order valence-electron chi connectivity index (χ1n) is 4.15. The van der Waals surface area contributed by atoms with Crippen molar-refractivity contribution in [3.8, 4) is 0 Å². The van der Waals surface area contributed by atoms with Crippen molar-refractivity contribution in [3.63, 3.8) is 0 Å². The van der Waals surface area contributed by atoms with Crippen LogP contribution >= 0.6 is 0 Å². The van der Waals surface area contributed by atoms with E-state index < -0.39 is 0 Å². The van der Waals surface area contributed by atoms with Crippen LogP contribution in [0.1, 0.15) is 13.3 Å². The van der Waals surface area contributed by atoms with Crippen molar-refractivity contribution in [1.29, 1.82) is 0 Å². The van der Waals surface area contributed by atoms with E-state index in [2.05, 4.69) is 17.1 Å². The number of carbonyl (C=O) groups is 1. The number of nitrogens with one attached hydrogen (secondary N) is 1. The highest BCUT2D eigenvalue weighted by Crippen LogP contribution is 2.13. The molecule has 0 saturated carbocycles. The second-order valence-electron chi connectivity index (χ2n) is 3.30. The zero-order chi connectivity index (χ0) is 8.27. The van der Waals surface area contributed by atoms with Gasteiger partial charge in [-0.1, -0.05) is 6.92 Å². The standard InChI is InChI=1S/C8H16N2O/c1-7-3-4-10(5-7)6-8(11)9-2/h7H,3-6H2,1-2H3,(H,9,11). The predicted molar refractivity (Wildman–Crippen MR) is 44.3 cm³/mol. The number of amides is 1. The van der Waals surface area contributed by atoms with Crippen molar-refractivity contribution in [2.24, 2.45) is 5.92 Å². The number of hydrogen-bond donors (Lipinski definition) is 1. The maximum Gasteiger partial charge on any atom is 0.233 e. The maximum absolute atomic E-state index is 10.9. The Bertz CT molecular complexity index is 147. The number of rotatable bonds is 2. The zero-order valence-corrected chi connectivity index (χ0v) is 7.26. The van der Waals surface area contributed by atoms with E-state index in [4.69, 9.17) is 0 Å². The first kappa shape index (κ1) is 8.53. The van der Waals surface area contributed by atoms with Crippen LogP contribution < -0.4 is 5.32 Å². The van der Waals surface area contributed by atoms with E-state index in [-0.39, 0.29) is 5.91 Å². The van der Waals surface area contributed by atoms with Gasteiger partial charge in [0.05, 0.1) is 6.54 Å². The zero-order valence-electron chi connectivity index (χ0n) is 7.26. The summed E-state index contributed by atoms with van der Waals surface area (Å²) in [5.74, 6) is 0.888. The number of hydrogen-bond acceptors (Lipinski definition) is 2. The lowest BCUT2D eigenvalue weighted by Gasteiger charge is -2.12. The van der Waals surface area contributed by atoms with Gasteiger partial charge in [-0.15, -0.1) is 0 Å². The Kier molecular flexibility index (Phi) is 2.88. The van der Waals surface area contributed by atoms with Gasteiger partial charge in [-0.05, 0) is 18.9 Å². The SMILES string of the molecule is CNC(=O)CN1CCC(C)C1. The largest absolute Gasteiger partial charge is 0.358 e. The molecule has 1 atom stereocenters. The Balaban J connectivity index is 2.23. The Morgan fingerprint density at radius 2 is 2.45 bits per heavy atom. The molecule has 3 heteroatoms. The smallest absolute Gasteiger partial charge is 0.233 e. The molecule has 3 nitrogen and oxygen atoms in total. The molecule has 1 N–H and O–H groups in total. The van der Waals surface area contributed by atoms with Gasteiger partial charge in [-0.2, -0.15) is 0 Å². The number of likely N-dealkylation sites (N-methyl/N-ethyl adjacent to an activating group) is 1. The minimum Gasteiger partial charge on any atom is -0.358 e. The Morgan fingerprint density at radius 3 is 2.91 bits per heavy atom. The molecule has 1 saturated heterocycles. The van der Waals surface area contributed by atoms with Gasteiger partial charge in [0.15, 0.2) is 0 Å². The first-order valence-corrected chi connectivity index (χ1v) is 4.15.